The van der Waals surface area contributed by atoms with E-state index < -0.39 is 0 Å². The van der Waals surface area contributed by atoms with Crippen molar-refractivity contribution in [2.24, 2.45) is 13.0 Å². The van der Waals surface area contributed by atoms with Gasteiger partial charge in [0.15, 0.2) is 0 Å². The van der Waals surface area contributed by atoms with Gasteiger partial charge in [0.05, 0.1) is 5.92 Å². The van der Waals surface area contributed by atoms with Crippen LogP contribution in [0.25, 0.3) is 0 Å². The predicted molar refractivity (Wildman–Crippen MR) is 95.3 cm³/mol. The van der Waals surface area contributed by atoms with Gasteiger partial charge < -0.3 is 14.8 Å². The number of nitrogens with one attached hydrogen (secondary N) is 1. The molecule has 1 aromatic rings. The minimum atomic E-state index is -0.200. The van der Waals surface area contributed by atoms with Crippen LogP contribution in [0, 0.1) is 5.92 Å². The van der Waals surface area contributed by atoms with Crippen molar-refractivity contribution in [1.29, 1.82) is 0 Å². The Hall–Kier alpha value is -2.11. The molecule has 2 fully saturated rings. The fourth-order valence-corrected chi connectivity index (χ4v) is 3.81. The van der Waals surface area contributed by atoms with Gasteiger partial charge in [-0.2, -0.15) is 0 Å². The summed E-state index contributed by atoms with van der Waals surface area (Å²) in [5.41, 5.74) is 0.200. The number of aryl methyl sites for hydroxylation is 1. The molecule has 3 rings (SSSR count). The number of nitrogens with zero attached hydrogens (tertiary/aromatic N) is 2. The molecular formula is C19H27N3O3. The summed E-state index contributed by atoms with van der Waals surface area (Å²) in [6.45, 7) is 1.08. The van der Waals surface area contributed by atoms with Gasteiger partial charge in [-0.3, -0.25) is 14.4 Å². The molecule has 2 heterocycles. The van der Waals surface area contributed by atoms with Gasteiger partial charge in [-0.15, -0.1) is 0 Å². The van der Waals surface area contributed by atoms with Crippen LogP contribution in [-0.2, 0) is 11.8 Å². The highest BCUT2D eigenvalue weighted by atomic mass is 16.2. The summed E-state index contributed by atoms with van der Waals surface area (Å²) in [7, 11) is 1.66. The van der Waals surface area contributed by atoms with Gasteiger partial charge in [0, 0.05) is 44.0 Å². The smallest absolute Gasteiger partial charge is 0.254 e. The lowest BCUT2D eigenvalue weighted by Crippen LogP contribution is -2.48. The lowest BCUT2D eigenvalue weighted by Gasteiger charge is -2.33. The van der Waals surface area contributed by atoms with Crippen LogP contribution in [-0.4, -0.2) is 40.4 Å². The topological polar surface area (TPSA) is 71.4 Å². The summed E-state index contributed by atoms with van der Waals surface area (Å²) in [5.74, 6) is -0.229. The molecule has 2 aliphatic rings. The second-order valence-corrected chi connectivity index (χ2v) is 7.30. The average Bonchev–Trinajstić information content (AvgIpc) is 2.64. The Morgan fingerprint density at radius 3 is 2.60 bits per heavy atom. The highest BCUT2D eigenvalue weighted by Gasteiger charge is 2.30. The second kappa shape index (κ2) is 7.85. The summed E-state index contributed by atoms with van der Waals surface area (Å²) in [6.07, 6.45) is 8.99. The first-order chi connectivity index (χ1) is 12.0. The van der Waals surface area contributed by atoms with Gasteiger partial charge in [0.25, 0.3) is 11.5 Å². The van der Waals surface area contributed by atoms with Gasteiger partial charge >= 0.3 is 0 Å². The van der Waals surface area contributed by atoms with Crippen molar-refractivity contribution < 1.29 is 9.59 Å². The van der Waals surface area contributed by atoms with E-state index in [0.29, 0.717) is 24.7 Å². The van der Waals surface area contributed by atoms with Gasteiger partial charge in [-0.05, 0) is 31.7 Å². The van der Waals surface area contributed by atoms with Crippen molar-refractivity contribution in [3.05, 3.63) is 34.2 Å². The molecule has 1 aliphatic carbocycles. The number of rotatable bonds is 3. The maximum atomic E-state index is 12.7. The third-order valence-electron chi connectivity index (χ3n) is 5.38. The second-order valence-electron chi connectivity index (χ2n) is 7.30. The molecule has 1 atom stereocenters. The minimum absolute atomic E-state index is 0.0772. The van der Waals surface area contributed by atoms with E-state index in [2.05, 4.69) is 5.32 Å². The van der Waals surface area contributed by atoms with Crippen LogP contribution < -0.4 is 10.9 Å². The number of piperidine rings is 1. The molecule has 1 unspecified atom stereocenters. The molecule has 1 saturated heterocycles. The summed E-state index contributed by atoms with van der Waals surface area (Å²) in [6, 6.07) is 3.33. The van der Waals surface area contributed by atoms with Crippen LogP contribution in [0.5, 0.6) is 0 Å². The Morgan fingerprint density at radius 2 is 1.88 bits per heavy atom. The predicted octanol–water partition coefficient (Wildman–Crippen LogP) is 1.69. The third kappa shape index (κ3) is 4.30. The number of pyridine rings is 1. The molecule has 6 heteroatoms. The summed E-state index contributed by atoms with van der Waals surface area (Å²) < 4.78 is 1.44. The summed E-state index contributed by atoms with van der Waals surface area (Å²) in [5, 5.41) is 3.17. The van der Waals surface area contributed by atoms with Crippen LogP contribution in [0.2, 0.25) is 0 Å². The van der Waals surface area contributed by atoms with E-state index in [1.807, 2.05) is 0 Å². The first-order valence-corrected chi connectivity index (χ1v) is 9.31. The van der Waals surface area contributed by atoms with E-state index in [1.54, 1.807) is 24.2 Å². The Balaban J connectivity index is 1.61. The monoisotopic (exact) mass is 345 g/mol. The Kier molecular flexibility index (Phi) is 5.56. The summed E-state index contributed by atoms with van der Waals surface area (Å²) >= 11 is 0. The number of carbonyl (C=O) groups excluding carboxylic acids is 2. The summed E-state index contributed by atoms with van der Waals surface area (Å²) in [4.78, 5) is 38.7. The van der Waals surface area contributed by atoms with E-state index in [1.165, 1.54) is 29.9 Å². The molecule has 0 spiro atoms. The normalized spacial score (nSPS) is 21.8. The maximum absolute atomic E-state index is 12.7. The molecule has 1 aromatic heterocycles. The minimum Gasteiger partial charge on any atom is -0.353 e. The highest BCUT2D eigenvalue weighted by Crippen LogP contribution is 2.21. The van der Waals surface area contributed by atoms with Crippen molar-refractivity contribution in [3.63, 3.8) is 0 Å². The van der Waals surface area contributed by atoms with Crippen LogP contribution in [0.15, 0.2) is 23.1 Å². The number of carbonyl (C=O) groups is 2. The fraction of sp³-hybridized carbons (Fsp3) is 0.632. The number of amides is 2. The Labute approximate surface area is 148 Å². The van der Waals surface area contributed by atoms with E-state index in [9.17, 15) is 14.4 Å². The van der Waals surface area contributed by atoms with E-state index in [0.717, 1.165) is 25.7 Å². The zero-order valence-electron chi connectivity index (χ0n) is 14.9. The van der Waals surface area contributed by atoms with E-state index in [-0.39, 0.29) is 23.3 Å². The standard InChI is InChI=1S/C19H27N3O3/c1-21-11-9-14(12-17(21)23)19(25)22-10-5-6-15(13-22)18(24)20-16-7-3-2-4-8-16/h9,11-12,15-16H,2-8,10,13H2,1H3,(H,20,24). The van der Waals surface area contributed by atoms with Gasteiger partial charge in [-0.1, -0.05) is 19.3 Å². The first-order valence-electron chi connectivity index (χ1n) is 9.31. The lowest BCUT2D eigenvalue weighted by atomic mass is 9.93. The van der Waals surface area contributed by atoms with Crippen molar-refractivity contribution in [1.82, 2.24) is 14.8 Å². The lowest BCUT2D eigenvalue weighted by molar-refractivity contribution is -0.127. The number of likely N-dealkylation sites (tertiary alicyclic amines) is 1. The van der Waals surface area contributed by atoms with Crippen LogP contribution in [0.4, 0.5) is 0 Å². The zero-order chi connectivity index (χ0) is 17.8. The molecule has 2 amide bonds. The van der Waals surface area contributed by atoms with Crippen LogP contribution >= 0.6 is 0 Å². The van der Waals surface area contributed by atoms with Gasteiger partial charge in [0.2, 0.25) is 5.91 Å². The van der Waals surface area contributed by atoms with Gasteiger partial charge in [-0.25, -0.2) is 0 Å². The quantitative estimate of drug-likeness (QED) is 0.906. The average molecular weight is 345 g/mol. The molecule has 0 radical (unpaired) electrons. The molecule has 6 nitrogen and oxygen atoms in total. The zero-order valence-corrected chi connectivity index (χ0v) is 14.9. The molecule has 1 aliphatic heterocycles. The number of hydrogen-bond acceptors (Lipinski definition) is 3. The Bertz CT molecular complexity index is 691. The van der Waals surface area contributed by atoms with Crippen LogP contribution in [0.1, 0.15) is 55.3 Å². The van der Waals surface area contributed by atoms with E-state index in [4.69, 9.17) is 0 Å². The van der Waals surface area contributed by atoms with Gasteiger partial charge in [0.1, 0.15) is 0 Å². The molecular weight excluding hydrogens is 318 g/mol. The van der Waals surface area contributed by atoms with Crippen LogP contribution in [0.3, 0.4) is 0 Å². The number of aromatic nitrogens is 1. The fourth-order valence-electron chi connectivity index (χ4n) is 3.81. The molecule has 0 bridgehead atoms. The van der Waals surface area contributed by atoms with E-state index >= 15 is 0 Å². The first kappa shape index (κ1) is 17.7. The Morgan fingerprint density at radius 1 is 1.12 bits per heavy atom. The molecule has 1 saturated carbocycles. The molecule has 25 heavy (non-hydrogen) atoms. The van der Waals surface area contributed by atoms with Crippen molar-refractivity contribution in [2.45, 2.75) is 51.0 Å². The third-order valence-corrected chi connectivity index (χ3v) is 5.38. The van der Waals surface area contributed by atoms with Crippen molar-refractivity contribution in [3.8, 4) is 0 Å². The molecule has 136 valence electrons. The highest BCUT2D eigenvalue weighted by molar-refractivity contribution is 5.94. The SMILES string of the molecule is Cn1ccc(C(=O)N2CCCC(C(=O)NC3CCCCC3)C2)cc1=O. The van der Waals surface area contributed by atoms with Crippen molar-refractivity contribution in [2.75, 3.05) is 13.1 Å². The van der Waals surface area contributed by atoms with Crippen molar-refractivity contribution >= 4 is 11.8 Å². The molecule has 0 aromatic carbocycles. The number of hydrogen-bond donors (Lipinski definition) is 1. The molecule has 1 N–H and O–H groups in total. The maximum Gasteiger partial charge on any atom is 0.254 e. The largest absolute Gasteiger partial charge is 0.353 e.